The number of nitrogens with zero attached hydrogens (tertiary/aromatic N) is 1. The topological polar surface area (TPSA) is 78.6 Å². The Bertz CT molecular complexity index is 1130. The monoisotopic (exact) mass is 513 g/mol. The predicted molar refractivity (Wildman–Crippen MR) is 138 cm³/mol. The Labute approximate surface area is 214 Å². The molecule has 1 amide bonds. The summed E-state index contributed by atoms with van der Waals surface area (Å²) in [5.41, 5.74) is 8.45. The van der Waals surface area contributed by atoms with Crippen LogP contribution in [0.1, 0.15) is 46.7 Å². The molecule has 4 N–H and O–H groups in total. The van der Waals surface area contributed by atoms with Crippen molar-refractivity contribution in [2.75, 3.05) is 25.4 Å². The molecular weight excluding hydrogens is 484 g/mol. The number of carbonyl (C=O) groups is 1. The molecule has 1 heterocycles. The van der Waals surface area contributed by atoms with Crippen LogP contribution in [0.25, 0.3) is 0 Å². The maximum atomic E-state index is 13.5. The van der Waals surface area contributed by atoms with Gasteiger partial charge in [0.05, 0.1) is 22.7 Å². The van der Waals surface area contributed by atoms with E-state index in [0.717, 1.165) is 37.1 Å². The van der Waals surface area contributed by atoms with Crippen molar-refractivity contribution in [3.05, 3.63) is 100 Å². The summed E-state index contributed by atoms with van der Waals surface area (Å²) >= 11 is 6.14. The SMILES string of the molecule is Nc1ccc(C(=O)N[C@@H]2CCN(CCCC(c3ccc(F)cc3)c3ccc(F)cc3)C[C@H]2O)c(Cl)c1. The Kier molecular flexibility index (Phi) is 8.56. The lowest BCUT2D eigenvalue weighted by Crippen LogP contribution is -2.54. The van der Waals surface area contributed by atoms with Gasteiger partial charge in [0, 0.05) is 24.7 Å². The van der Waals surface area contributed by atoms with Gasteiger partial charge in [-0.25, -0.2) is 8.78 Å². The summed E-state index contributed by atoms with van der Waals surface area (Å²) in [5.74, 6) is -0.907. The van der Waals surface area contributed by atoms with E-state index in [1.165, 1.54) is 30.3 Å². The lowest BCUT2D eigenvalue weighted by molar-refractivity contribution is 0.0373. The second-order valence-corrected chi connectivity index (χ2v) is 9.68. The van der Waals surface area contributed by atoms with E-state index >= 15 is 0 Å². The van der Waals surface area contributed by atoms with Crippen molar-refractivity contribution in [3.63, 3.8) is 0 Å². The average molecular weight is 514 g/mol. The van der Waals surface area contributed by atoms with Crippen molar-refractivity contribution in [2.24, 2.45) is 0 Å². The van der Waals surface area contributed by atoms with E-state index in [4.69, 9.17) is 17.3 Å². The molecule has 1 aliphatic rings. The van der Waals surface area contributed by atoms with Crippen molar-refractivity contribution in [1.29, 1.82) is 0 Å². The van der Waals surface area contributed by atoms with Crippen LogP contribution in [0.3, 0.4) is 0 Å². The van der Waals surface area contributed by atoms with Crippen LogP contribution in [-0.4, -0.2) is 47.7 Å². The molecule has 0 bridgehead atoms. The highest BCUT2D eigenvalue weighted by Crippen LogP contribution is 2.30. The Morgan fingerprint density at radius 2 is 1.67 bits per heavy atom. The number of carbonyl (C=O) groups excluding carboxylic acids is 1. The van der Waals surface area contributed by atoms with Crippen molar-refractivity contribution in [1.82, 2.24) is 10.2 Å². The number of piperidine rings is 1. The fourth-order valence-electron chi connectivity index (χ4n) is 4.77. The number of hydrogen-bond donors (Lipinski definition) is 3. The minimum atomic E-state index is -0.708. The van der Waals surface area contributed by atoms with Gasteiger partial charge in [-0.3, -0.25) is 4.79 Å². The zero-order valence-electron chi connectivity index (χ0n) is 19.8. The summed E-state index contributed by atoms with van der Waals surface area (Å²) < 4.78 is 26.9. The van der Waals surface area contributed by atoms with Gasteiger partial charge in [0.25, 0.3) is 5.91 Å². The molecule has 1 aliphatic heterocycles. The van der Waals surface area contributed by atoms with Gasteiger partial charge >= 0.3 is 0 Å². The number of halogens is 3. The van der Waals surface area contributed by atoms with Gasteiger partial charge in [-0.2, -0.15) is 0 Å². The third kappa shape index (κ3) is 6.60. The van der Waals surface area contributed by atoms with E-state index in [2.05, 4.69) is 10.2 Å². The van der Waals surface area contributed by atoms with Crippen LogP contribution in [0.15, 0.2) is 66.7 Å². The Morgan fingerprint density at radius 3 is 2.22 bits per heavy atom. The molecule has 3 aromatic rings. The molecule has 0 spiro atoms. The molecule has 8 heteroatoms. The van der Waals surface area contributed by atoms with Crippen LogP contribution >= 0.6 is 11.6 Å². The quantitative estimate of drug-likeness (QED) is 0.371. The number of anilines is 1. The zero-order valence-corrected chi connectivity index (χ0v) is 20.6. The normalized spacial score (nSPS) is 18.4. The fraction of sp³-hybridized carbons (Fsp3) is 0.321. The van der Waals surface area contributed by atoms with Gasteiger partial charge in [0.2, 0.25) is 0 Å². The van der Waals surface area contributed by atoms with Gasteiger partial charge < -0.3 is 21.1 Å². The Balaban J connectivity index is 1.31. The first-order valence-corrected chi connectivity index (χ1v) is 12.4. The molecule has 190 valence electrons. The van der Waals surface area contributed by atoms with Crippen molar-refractivity contribution in [2.45, 2.75) is 37.3 Å². The largest absolute Gasteiger partial charge is 0.399 e. The smallest absolute Gasteiger partial charge is 0.253 e. The van der Waals surface area contributed by atoms with Crippen LogP contribution in [0.4, 0.5) is 14.5 Å². The number of aliphatic hydroxyl groups is 1. The molecule has 0 aliphatic carbocycles. The summed E-state index contributed by atoms with van der Waals surface area (Å²) in [6, 6.07) is 17.2. The third-order valence-corrected chi connectivity index (χ3v) is 7.04. The maximum absolute atomic E-state index is 13.5. The molecule has 0 saturated carbocycles. The number of rotatable bonds is 8. The van der Waals surface area contributed by atoms with Gasteiger partial charge in [-0.05, 0) is 79.4 Å². The van der Waals surface area contributed by atoms with E-state index in [1.807, 2.05) is 0 Å². The van der Waals surface area contributed by atoms with Gasteiger partial charge in [0.1, 0.15) is 11.6 Å². The summed E-state index contributed by atoms with van der Waals surface area (Å²) in [7, 11) is 0. The third-order valence-electron chi connectivity index (χ3n) is 6.73. The summed E-state index contributed by atoms with van der Waals surface area (Å²) in [6.45, 7) is 1.94. The van der Waals surface area contributed by atoms with Crippen molar-refractivity contribution >= 4 is 23.2 Å². The van der Waals surface area contributed by atoms with E-state index in [0.29, 0.717) is 24.2 Å². The number of nitrogens with two attached hydrogens (primary N) is 1. The minimum absolute atomic E-state index is 0.0117. The first-order chi connectivity index (χ1) is 17.3. The highest BCUT2D eigenvalue weighted by molar-refractivity contribution is 6.34. The summed E-state index contributed by atoms with van der Waals surface area (Å²) in [6.07, 6.45) is 1.53. The maximum Gasteiger partial charge on any atom is 0.253 e. The van der Waals surface area contributed by atoms with E-state index in [9.17, 15) is 18.7 Å². The molecule has 36 heavy (non-hydrogen) atoms. The average Bonchev–Trinajstić information content (AvgIpc) is 2.85. The number of hydrogen-bond acceptors (Lipinski definition) is 4. The fourth-order valence-corrected chi connectivity index (χ4v) is 5.04. The van der Waals surface area contributed by atoms with Crippen molar-refractivity contribution < 1.29 is 18.7 Å². The van der Waals surface area contributed by atoms with Crippen LogP contribution < -0.4 is 11.1 Å². The minimum Gasteiger partial charge on any atom is -0.399 e. The van der Waals surface area contributed by atoms with E-state index in [1.54, 1.807) is 36.4 Å². The highest BCUT2D eigenvalue weighted by Gasteiger charge is 2.29. The molecule has 1 fully saturated rings. The van der Waals surface area contributed by atoms with E-state index < -0.39 is 6.10 Å². The number of likely N-dealkylation sites (tertiary alicyclic amines) is 1. The highest BCUT2D eigenvalue weighted by atomic mass is 35.5. The van der Waals surface area contributed by atoms with Crippen LogP contribution in [0, 0.1) is 11.6 Å². The van der Waals surface area contributed by atoms with Gasteiger partial charge in [-0.1, -0.05) is 35.9 Å². The number of aliphatic hydroxyl groups excluding tert-OH is 1. The molecule has 5 nitrogen and oxygen atoms in total. The number of nitrogens with one attached hydrogen (secondary N) is 1. The standard InChI is InChI=1S/C28H30ClF2N3O2/c29-25-16-22(32)11-12-24(25)28(36)33-26-13-15-34(17-27(26)35)14-1-2-23(18-3-7-20(30)8-4-18)19-5-9-21(31)10-6-19/h3-12,16,23,26-27,35H,1-2,13-15,17,32H2,(H,33,36)/t26-,27-/m1/s1. The lowest BCUT2D eigenvalue weighted by atomic mass is 9.87. The first-order valence-electron chi connectivity index (χ1n) is 12.1. The summed E-state index contributed by atoms with van der Waals surface area (Å²) in [4.78, 5) is 14.8. The van der Waals surface area contributed by atoms with Gasteiger partial charge in [-0.15, -0.1) is 0 Å². The van der Waals surface area contributed by atoms with Gasteiger partial charge in [0.15, 0.2) is 0 Å². The first kappa shape index (κ1) is 26.1. The lowest BCUT2D eigenvalue weighted by Gasteiger charge is -2.36. The second kappa shape index (κ2) is 11.8. The second-order valence-electron chi connectivity index (χ2n) is 9.27. The Morgan fingerprint density at radius 1 is 1.06 bits per heavy atom. The van der Waals surface area contributed by atoms with Crippen molar-refractivity contribution in [3.8, 4) is 0 Å². The molecule has 0 aromatic heterocycles. The number of benzene rings is 3. The predicted octanol–water partition coefficient (Wildman–Crippen LogP) is 4.98. The van der Waals surface area contributed by atoms with Crippen LogP contribution in [0.2, 0.25) is 5.02 Å². The summed E-state index contributed by atoms with van der Waals surface area (Å²) in [5, 5.41) is 13.8. The number of amides is 1. The molecule has 3 aromatic carbocycles. The van der Waals surface area contributed by atoms with Crippen LogP contribution in [0.5, 0.6) is 0 Å². The zero-order chi connectivity index (χ0) is 25.7. The van der Waals surface area contributed by atoms with Crippen LogP contribution in [-0.2, 0) is 0 Å². The Hall–Kier alpha value is -3.00. The molecule has 0 unspecified atom stereocenters. The molecule has 2 atom stereocenters. The molecule has 1 saturated heterocycles. The molecule has 0 radical (unpaired) electrons. The number of β-amino-alcohol motifs (C(OH)–C–C–N with tert-alkyl or cyclic N) is 1. The number of nitrogen functional groups attached to an aromatic ring is 1. The molecular formula is C28H30ClF2N3O2. The molecule has 4 rings (SSSR count). The van der Waals surface area contributed by atoms with E-state index in [-0.39, 0.29) is 34.5 Å².